The molecule has 0 saturated carbocycles. The van der Waals surface area contributed by atoms with Gasteiger partial charge >= 0.3 is 5.97 Å². The van der Waals surface area contributed by atoms with Crippen molar-refractivity contribution in [3.05, 3.63) is 58.9 Å². The lowest BCUT2D eigenvalue weighted by Gasteiger charge is -2.07. The zero-order valence-electron chi connectivity index (χ0n) is 10.7. The Bertz CT molecular complexity index is 779. The maximum absolute atomic E-state index is 11.1. The van der Waals surface area contributed by atoms with Gasteiger partial charge in [0, 0.05) is 5.02 Å². The number of hydrogen-bond acceptors (Lipinski definition) is 4. The van der Waals surface area contributed by atoms with Crippen molar-refractivity contribution in [3.63, 3.8) is 0 Å². The van der Waals surface area contributed by atoms with Gasteiger partial charge in [-0.25, -0.2) is 9.78 Å². The van der Waals surface area contributed by atoms with Crippen molar-refractivity contribution in [2.75, 3.05) is 0 Å². The molecule has 1 aromatic heterocycles. The second kappa shape index (κ2) is 5.46. The fourth-order valence-electron chi connectivity index (χ4n) is 1.91. The molecular formula is C15H10ClNO4. The monoisotopic (exact) mass is 303 g/mol. The van der Waals surface area contributed by atoms with Crippen LogP contribution < -0.4 is 4.74 Å². The average molecular weight is 304 g/mol. The molecule has 3 rings (SSSR count). The Morgan fingerprint density at radius 1 is 1.29 bits per heavy atom. The minimum atomic E-state index is -1.08. The first-order valence-corrected chi connectivity index (χ1v) is 6.51. The third kappa shape index (κ3) is 2.83. The number of carbonyl (C=O) groups is 1. The first-order valence-electron chi connectivity index (χ1n) is 6.13. The van der Waals surface area contributed by atoms with E-state index in [1.54, 1.807) is 6.07 Å². The van der Waals surface area contributed by atoms with E-state index < -0.39 is 5.97 Å². The van der Waals surface area contributed by atoms with E-state index in [1.165, 1.54) is 18.2 Å². The third-order valence-corrected chi connectivity index (χ3v) is 3.10. The molecule has 0 aliphatic carbocycles. The standard InChI is InChI=1S/C15H10ClNO4/c16-9-5-6-10(15(18)19)13(7-9)20-8-14-17-11-3-1-2-4-12(11)21-14/h1-7H,8H2,(H,18,19). The highest BCUT2D eigenvalue weighted by Crippen LogP contribution is 2.25. The van der Waals surface area contributed by atoms with E-state index in [2.05, 4.69) is 4.98 Å². The largest absolute Gasteiger partial charge is 0.483 e. The molecular weight excluding hydrogens is 294 g/mol. The maximum atomic E-state index is 11.1. The second-order valence-corrected chi connectivity index (χ2v) is 4.75. The minimum absolute atomic E-state index is 0.0231. The molecule has 2 aromatic carbocycles. The number of ether oxygens (including phenoxy) is 1. The predicted octanol–water partition coefficient (Wildman–Crippen LogP) is 3.76. The van der Waals surface area contributed by atoms with E-state index in [0.717, 1.165) is 5.52 Å². The number of nitrogens with zero attached hydrogens (tertiary/aromatic N) is 1. The van der Waals surface area contributed by atoms with Crippen LogP contribution in [0.2, 0.25) is 5.02 Å². The summed E-state index contributed by atoms with van der Waals surface area (Å²) in [6.45, 7) is 0.0231. The molecule has 106 valence electrons. The van der Waals surface area contributed by atoms with Gasteiger partial charge in [-0.2, -0.15) is 0 Å². The number of fused-ring (bicyclic) bond motifs is 1. The fourth-order valence-corrected chi connectivity index (χ4v) is 2.08. The van der Waals surface area contributed by atoms with Crippen LogP contribution in [0.3, 0.4) is 0 Å². The molecule has 6 heteroatoms. The molecule has 0 amide bonds. The van der Waals surface area contributed by atoms with Crippen molar-refractivity contribution in [2.45, 2.75) is 6.61 Å². The van der Waals surface area contributed by atoms with Gasteiger partial charge in [-0.05, 0) is 30.3 Å². The molecule has 0 atom stereocenters. The van der Waals surface area contributed by atoms with Crippen molar-refractivity contribution < 1.29 is 19.1 Å². The van der Waals surface area contributed by atoms with Gasteiger partial charge in [0.25, 0.3) is 0 Å². The van der Waals surface area contributed by atoms with Crippen molar-refractivity contribution >= 4 is 28.7 Å². The van der Waals surface area contributed by atoms with E-state index in [4.69, 9.17) is 25.9 Å². The first kappa shape index (κ1) is 13.5. The summed E-state index contributed by atoms with van der Waals surface area (Å²) in [5.41, 5.74) is 1.41. The van der Waals surface area contributed by atoms with Gasteiger partial charge < -0.3 is 14.3 Å². The quantitative estimate of drug-likeness (QED) is 0.794. The van der Waals surface area contributed by atoms with Crippen LogP contribution in [0.5, 0.6) is 5.75 Å². The zero-order valence-corrected chi connectivity index (χ0v) is 11.5. The van der Waals surface area contributed by atoms with Gasteiger partial charge in [0.15, 0.2) is 12.2 Å². The van der Waals surface area contributed by atoms with Crippen molar-refractivity contribution in [3.8, 4) is 5.75 Å². The highest BCUT2D eigenvalue weighted by molar-refractivity contribution is 6.30. The topological polar surface area (TPSA) is 72.6 Å². The Hall–Kier alpha value is -2.53. The van der Waals surface area contributed by atoms with Crippen LogP contribution >= 0.6 is 11.6 Å². The van der Waals surface area contributed by atoms with Gasteiger partial charge in [-0.3, -0.25) is 0 Å². The summed E-state index contributed by atoms with van der Waals surface area (Å²) in [6.07, 6.45) is 0. The van der Waals surface area contributed by atoms with Gasteiger partial charge in [0.1, 0.15) is 16.8 Å². The average Bonchev–Trinajstić information content (AvgIpc) is 2.87. The van der Waals surface area contributed by atoms with Crippen LogP contribution in [-0.4, -0.2) is 16.1 Å². The van der Waals surface area contributed by atoms with Gasteiger partial charge in [0.2, 0.25) is 5.89 Å². The molecule has 0 radical (unpaired) electrons. The van der Waals surface area contributed by atoms with Crippen LogP contribution in [0.1, 0.15) is 16.2 Å². The Morgan fingerprint density at radius 3 is 2.86 bits per heavy atom. The smallest absolute Gasteiger partial charge is 0.339 e. The molecule has 0 spiro atoms. The van der Waals surface area contributed by atoms with Crippen LogP contribution in [0.15, 0.2) is 46.9 Å². The molecule has 21 heavy (non-hydrogen) atoms. The summed E-state index contributed by atoms with van der Waals surface area (Å²) in [4.78, 5) is 15.4. The number of carboxylic acids is 1. The SMILES string of the molecule is O=C(O)c1ccc(Cl)cc1OCc1nc2ccccc2o1. The van der Waals surface area contributed by atoms with Crippen molar-refractivity contribution in [2.24, 2.45) is 0 Å². The molecule has 0 saturated heterocycles. The fraction of sp³-hybridized carbons (Fsp3) is 0.0667. The predicted molar refractivity (Wildman–Crippen MR) is 76.8 cm³/mol. The molecule has 1 heterocycles. The number of para-hydroxylation sites is 2. The highest BCUT2D eigenvalue weighted by atomic mass is 35.5. The first-order chi connectivity index (χ1) is 10.1. The third-order valence-electron chi connectivity index (χ3n) is 2.86. The Morgan fingerprint density at radius 2 is 2.10 bits per heavy atom. The van der Waals surface area contributed by atoms with E-state index >= 15 is 0 Å². The van der Waals surface area contributed by atoms with Crippen LogP contribution in [0, 0.1) is 0 Å². The summed E-state index contributed by atoms with van der Waals surface area (Å²) < 4.78 is 11.0. The Kier molecular flexibility index (Phi) is 3.50. The molecule has 5 nitrogen and oxygen atoms in total. The summed E-state index contributed by atoms with van der Waals surface area (Å²) in [6, 6.07) is 11.7. The van der Waals surface area contributed by atoms with E-state index in [1.807, 2.05) is 18.2 Å². The number of benzene rings is 2. The number of halogens is 1. The number of carboxylic acid groups (broad SMARTS) is 1. The van der Waals surface area contributed by atoms with Gasteiger partial charge in [-0.15, -0.1) is 0 Å². The summed E-state index contributed by atoms with van der Waals surface area (Å²) in [7, 11) is 0. The Labute approximate surface area is 124 Å². The lowest BCUT2D eigenvalue weighted by Crippen LogP contribution is -2.03. The molecule has 0 unspecified atom stereocenters. The normalized spacial score (nSPS) is 10.7. The van der Waals surface area contributed by atoms with E-state index in [-0.39, 0.29) is 17.9 Å². The number of aromatic nitrogens is 1. The van der Waals surface area contributed by atoms with E-state index in [0.29, 0.717) is 16.5 Å². The zero-order chi connectivity index (χ0) is 14.8. The van der Waals surface area contributed by atoms with Gasteiger partial charge in [-0.1, -0.05) is 23.7 Å². The van der Waals surface area contributed by atoms with Crippen LogP contribution in [-0.2, 0) is 6.61 Å². The maximum Gasteiger partial charge on any atom is 0.339 e. The molecule has 0 bridgehead atoms. The number of oxazole rings is 1. The molecule has 1 N–H and O–H groups in total. The molecule has 3 aromatic rings. The summed E-state index contributed by atoms with van der Waals surface area (Å²) >= 11 is 5.86. The number of hydrogen-bond donors (Lipinski definition) is 1. The van der Waals surface area contributed by atoms with E-state index in [9.17, 15) is 4.79 Å². The van der Waals surface area contributed by atoms with Crippen LogP contribution in [0.25, 0.3) is 11.1 Å². The second-order valence-electron chi connectivity index (χ2n) is 4.31. The molecule has 0 fully saturated rings. The van der Waals surface area contributed by atoms with Crippen molar-refractivity contribution in [1.29, 1.82) is 0 Å². The summed E-state index contributed by atoms with van der Waals surface area (Å²) in [5.74, 6) is -0.538. The Balaban J connectivity index is 1.84. The minimum Gasteiger partial charge on any atom is -0.483 e. The number of rotatable bonds is 4. The van der Waals surface area contributed by atoms with Crippen molar-refractivity contribution in [1.82, 2.24) is 4.98 Å². The molecule has 0 aliphatic heterocycles. The lowest BCUT2D eigenvalue weighted by molar-refractivity contribution is 0.0691. The number of aromatic carboxylic acids is 1. The molecule has 0 aliphatic rings. The van der Waals surface area contributed by atoms with Crippen LogP contribution in [0.4, 0.5) is 0 Å². The lowest BCUT2D eigenvalue weighted by atomic mass is 10.2. The summed E-state index contributed by atoms with van der Waals surface area (Å²) in [5, 5.41) is 9.50. The highest BCUT2D eigenvalue weighted by Gasteiger charge is 2.13. The van der Waals surface area contributed by atoms with Gasteiger partial charge in [0.05, 0.1) is 0 Å².